The quantitative estimate of drug-likeness (QED) is 0.757. The van der Waals surface area contributed by atoms with E-state index in [1.807, 2.05) is 6.92 Å². The second-order valence-electron chi connectivity index (χ2n) is 3.62. The molecule has 3 N–H and O–H groups in total. The van der Waals surface area contributed by atoms with Crippen LogP contribution in [0.4, 0.5) is 5.69 Å². The van der Waals surface area contributed by atoms with Crippen molar-refractivity contribution in [2.24, 2.45) is 0 Å². The topological polar surface area (TPSA) is 55.5 Å². The molecule has 2 aromatic rings. The molecule has 0 saturated heterocycles. The van der Waals surface area contributed by atoms with E-state index in [2.05, 4.69) is 0 Å². The van der Waals surface area contributed by atoms with Gasteiger partial charge in [0, 0.05) is 5.69 Å². The van der Waals surface area contributed by atoms with Gasteiger partial charge in [-0.15, -0.1) is 0 Å². The van der Waals surface area contributed by atoms with Crippen molar-refractivity contribution in [3.63, 3.8) is 0 Å². The molecule has 0 saturated carbocycles. The summed E-state index contributed by atoms with van der Waals surface area (Å²) in [7, 11) is 0. The first kappa shape index (κ1) is 10.4. The summed E-state index contributed by atoms with van der Waals surface area (Å²) in [6, 6.07) is 12.3. The standard InChI is InChI=1S/C13H13NO2/c1-9-8-12(6-7-13(9)15)16-11-4-2-10(14)3-5-11/h2-8,15H,14H2,1H3. The van der Waals surface area contributed by atoms with Crippen molar-refractivity contribution in [1.82, 2.24) is 0 Å². The number of anilines is 1. The highest BCUT2D eigenvalue weighted by Gasteiger charge is 2.00. The minimum absolute atomic E-state index is 0.268. The first-order valence-electron chi connectivity index (χ1n) is 4.98. The molecule has 0 fully saturated rings. The molecule has 16 heavy (non-hydrogen) atoms. The minimum atomic E-state index is 0.268. The summed E-state index contributed by atoms with van der Waals surface area (Å²) in [6.45, 7) is 1.82. The summed E-state index contributed by atoms with van der Waals surface area (Å²) >= 11 is 0. The Kier molecular flexibility index (Phi) is 2.68. The fourth-order valence-corrected chi connectivity index (χ4v) is 1.36. The predicted molar refractivity (Wildman–Crippen MR) is 63.8 cm³/mol. The molecule has 0 spiro atoms. The van der Waals surface area contributed by atoms with Gasteiger partial charge >= 0.3 is 0 Å². The van der Waals surface area contributed by atoms with E-state index >= 15 is 0 Å². The Labute approximate surface area is 94.1 Å². The lowest BCUT2D eigenvalue weighted by Crippen LogP contribution is -1.87. The second kappa shape index (κ2) is 4.14. The molecule has 0 aliphatic heterocycles. The number of nitrogens with two attached hydrogens (primary N) is 1. The SMILES string of the molecule is Cc1cc(Oc2ccc(N)cc2)ccc1O. The third-order valence-corrected chi connectivity index (χ3v) is 2.28. The van der Waals surface area contributed by atoms with Crippen LogP contribution >= 0.6 is 0 Å². The summed E-state index contributed by atoms with van der Waals surface area (Å²) in [5.41, 5.74) is 7.06. The molecule has 0 aliphatic carbocycles. The van der Waals surface area contributed by atoms with Crippen molar-refractivity contribution in [1.29, 1.82) is 0 Å². The van der Waals surface area contributed by atoms with Crippen LogP contribution in [0.3, 0.4) is 0 Å². The maximum atomic E-state index is 9.37. The third kappa shape index (κ3) is 2.25. The molecule has 3 nitrogen and oxygen atoms in total. The van der Waals surface area contributed by atoms with E-state index in [0.717, 1.165) is 11.3 Å². The zero-order valence-corrected chi connectivity index (χ0v) is 8.97. The van der Waals surface area contributed by atoms with Crippen LogP contribution in [0.15, 0.2) is 42.5 Å². The van der Waals surface area contributed by atoms with Crippen LogP contribution in [0.1, 0.15) is 5.56 Å². The lowest BCUT2D eigenvalue weighted by atomic mass is 10.2. The van der Waals surface area contributed by atoms with Crippen LogP contribution in [0.2, 0.25) is 0 Å². The number of benzene rings is 2. The smallest absolute Gasteiger partial charge is 0.127 e. The Morgan fingerprint density at radius 3 is 2.25 bits per heavy atom. The van der Waals surface area contributed by atoms with Gasteiger partial charge in [-0.1, -0.05) is 0 Å². The average Bonchev–Trinajstić information content (AvgIpc) is 2.27. The van der Waals surface area contributed by atoms with Crippen LogP contribution in [0.25, 0.3) is 0 Å². The molecule has 3 heteroatoms. The fraction of sp³-hybridized carbons (Fsp3) is 0.0769. The Morgan fingerprint density at radius 2 is 1.62 bits per heavy atom. The van der Waals surface area contributed by atoms with E-state index in [4.69, 9.17) is 10.5 Å². The molecule has 0 heterocycles. The van der Waals surface area contributed by atoms with Crippen molar-refractivity contribution in [3.05, 3.63) is 48.0 Å². The van der Waals surface area contributed by atoms with Crippen molar-refractivity contribution in [2.75, 3.05) is 5.73 Å². The molecule has 82 valence electrons. The molecule has 0 atom stereocenters. The number of rotatable bonds is 2. The number of hydrogen-bond donors (Lipinski definition) is 2. The lowest BCUT2D eigenvalue weighted by molar-refractivity contribution is 0.460. The van der Waals surface area contributed by atoms with E-state index in [1.54, 1.807) is 42.5 Å². The van der Waals surface area contributed by atoms with E-state index in [1.165, 1.54) is 0 Å². The molecule has 0 aliphatic rings. The molecule has 0 radical (unpaired) electrons. The molecular formula is C13H13NO2. The van der Waals surface area contributed by atoms with Crippen molar-refractivity contribution in [3.8, 4) is 17.2 Å². The number of aryl methyl sites for hydroxylation is 1. The van der Waals surface area contributed by atoms with E-state index in [0.29, 0.717) is 11.4 Å². The molecule has 0 amide bonds. The van der Waals surface area contributed by atoms with E-state index in [9.17, 15) is 5.11 Å². The Morgan fingerprint density at radius 1 is 1.00 bits per heavy atom. The van der Waals surface area contributed by atoms with Crippen LogP contribution in [0, 0.1) is 6.92 Å². The number of nitrogen functional groups attached to an aromatic ring is 1. The summed E-state index contributed by atoms with van der Waals surface area (Å²) < 4.78 is 5.60. The normalized spacial score (nSPS) is 10.1. The maximum Gasteiger partial charge on any atom is 0.127 e. The summed E-state index contributed by atoms with van der Waals surface area (Å²) in [5, 5.41) is 9.37. The van der Waals surface area contributed by atoms with Gasteiger partial charge < -0.3 is 15.6 Å². The summed E-state index contributed by atoms with van der Waals surface area (Å²) in [6.07, 6.45) is 0. The van der Waals surface area contributed by atoms with Crippen LogP contribution in [0.5, 0.6) is 17.2 Å². The maximum absolute atomic E-state index is 9.37. The highest BCUT2D eigenvalue weighted by molar-refractivity contribution is 5.44. The van der Waals surface area contributed by atoms with Crippen LogP contribution in [-0.4, -0.2) is 5.11 Å². The van der Waals surface area contributed by atoms with Gasteiger partial charge in [-0.25, -0.2) is 0 Å². The van der Waals surface area contributed by atoms with Gasteiger partial charge in [0.25, 0.3) is 0 Å². The van der Waals surface area contributed by atoms with Crippen LogP contribution in [-0.2, 0) is 0 Å². The van der Waals surface area contributed by atoms with Crippen molar-refractivity contribution in [2.45, 2.75) is 6.92 Å². The third-order valence-electron chi connectivity index (χ3n) is 2.28. The van der Waals surface area contributed by atoms with Gasteiger partial charge in [-0.05, 0) is 55.0 Å². The first-order valence-corrected chi connectivity index (χ1v) is 4.98. The number of hydrogen-bond acceptors (Lipinski definition) is 3. The highest BCUT2D eigenvalue weighted by Crippen LogP contribution is 2.26. The Bertz CT molecular complexity index is 492. The van der Waals surface area contributed by atoms with Gasteiger partial charge in [-0.2, -0.15) is 0 Å². The van der Waals surface area contributed by atoms with E-state index < -0.39 is 0 Å². The van der Waals surface area contributed by atoms with E-state index in [-0.39, 0.29) is 5.75 Å². The van der Waals surface area contributed by atoms with Gasteiger partial charge in [-0.3, -0.25) is 0 Å². The largest absolute Gasteiger partial charge is 0.508 e. The lowest BCUT2D eigenvalue weighted by Gasteiger charge is -2.07. The van der Waals surface area contributed by atoms with Gasteiger partial charge in [0.05, 0.1) is 0 Å². The number of ether oxygens (including phenoxy) is 1. The number of aromatic hydroxyl groups is 1. The molecule has 0 bridgehead atoms. The van der Waals surface area contributed by atoms with Gasteiger partial charge in [0.1, 0.15) is 17.2 Å². The second-order valence-corrected chi connectivity index (χ2v) is 3.62. The molecule has 0 unspecified atom stereocenters. The van der Waals surface area contributed by atoms with Crippen molar-refractivity contribution < 1.29 is 9.84 Å². The molecule has 0 aromatic heterocycles. The molecule has 2 rings (SSSR count). The highest BCUT2D eigenvalue weighted by atomic mass is 16.5. The minimum Gasteiger partial charge on any atom is -0.508 e. The van der Waals surface area contributed by atoms with Gasteiger partial charge in [0.2, 0.25) is 0 Å². The molecule has 2 aromatic carbocycles. The predicted octanol–water partition coefficient (Wildman–Crippen LogP) is 3.08. The Hall–Kier alpha value is -2.16. The van der Waals surface area contributed by atoms with Crippen LogP contribution < -0.4 is 10.5 Å². The number of phenolic OH excluding ortho intramolecular Hbond substituents is 1. The molecular weight excluding hydrogens is 202 g/mol. The zero-order valence-electron chi connectivity index (χ0n) is 8.97. The summed E-state index contributed by atoms with van der Waals surface area (Å²) in [4.78, 5) is 0. The fourth-order valence-electron chi connectivity index (χ4n) is 1.36. The average molecular weight is 215 g/mol. The summed E-state index contributed by atoms with van der Waals surface area (Å²) in [5.74, 6) is 1.68. The first-order chi connectivity index (χ1) is 7.65. The monoisotopic (exact) mass is 215 g/mol. The van der Waals surface area contributed by atoms with Crippen molar-refractivity contribution >= 4 is 5.69 Å². The Balaban J connectivity index is 2.20. The number of phenols is 1. The van der Waals surface area contributed by atoms with Gasteiger partial charge in [0.15, 0.2) is 0 Å². The zero-order chi connectivity index (χ0) is 11.5.